The van der Waals surface area contributed by atoms with Gasteiger partial charge in [-0.1, -0.05) is 301 Å². The molecule has 0 bridgehead atoms. The van der Waals surface area contributed by atoms with Crippen molar-refractivity contribution in [2.75, 3.05) is 6.61 Å². The van der Waals surface area contributed by atoms with Crippen LogP contribution in [0, 0.1) is 0 Å². The maximum atomic E-state index is 12.5. The summed E-state index contributed by atoms with van der Waals surface area (Å²) < 4.78 is 0. The first-order valence-electron chi connectivity index (χ1n) is 31.8. The molecule has 0 aromatic carbocycles. The highest BCUT2D eigenvalue weighted by molar-refractivity contribution is 5.76. The van der Waals surface area contributed by atoms with Crippen LogP contribution < -0.4 is 5.32 Å². The van der Waals surface area contributed by atoms with E-state index in [1.54, 1.807) is 0 Å². The third kappa shape index (κ3) is 54.3. The fraction of sp³-hybridized carbons (Fsp3) is 0.892. The number of nitrogens with one attached hydrogen (secondary N) is 1. The van der Waals surface area contributed by atoms with Crippen molar-refractivity contribution in [3.63, 3.8) is 0 Å². The lowest BCUT2D eigenvalue weighted by atomic mass is 10.0. The molecule has 0 fully saturated rings. The average molecular weight is 985 g/mol. The molecule has 0 saturated heterocycles. The van der Waals surface area contributed by atoms with Crippen molar-refractivity contribution in [1.82, 2.24) is 5.32 Å². The van der Waals surface area contributed by atoms with E-state index < -0.39 is 18.2 Å². The summed E-state index contributed by atoms with van der Waals surface area (Å²) in [6.45, 7) is 4.20. The first kappa shape index (κ1) is 68.6. The van der Waals surface area contributed by atoms with Crippen LogP contribution in [0.15, 0.2) is 36.5 Å². The average Bonchev–Trinajstić information content (AvgIpc) is 3.36. The van der Waals surface area contributed by atoms with Gasteiger partial charge in [-0.05, 0) is 77.0 Å². The fourth-order valence-corrected chi connectivity index (χ4v) is 10.1. The largest absolute Gasteiger partial charge is 0.394 e. The van der Waals surface area contributed by atoms with E-state index in [4.69, 9.17) is 0 Å². The zero-order chi connectivity index (χ0) is 50.7. The number of hydrogen-bond acceptors (Lipinski definition) is 4. The van der Waals surface area contributed by atoms with Crippen molar-refractivity contribution in [3.05, 3.63) is 36.5 Å². The Balaban J connectivity index is 3.51. The van der Waals surface area contributed by atoms with Gasteiger partial charge in [-0.25, -0.2) is 0 Å². The Kier molecular flexibility index (Phi) is 58.9. The monoisotopic (exact) mass is 984 g/mol. The molecule has 0 aromatic heterocycles. The Morgan fingerprint density at radius 3 is 0.871 bits per heavy atom. The van der Waals surface area contributed by atoms with Crippen LogP contribution >= 0.6 is 0 Å². The van der Waals surface area contributed by atoms with E-state index in [-0.39, 0.29) is 12.5 Å². The van der Waals surface area contributed by atoms with Crippen LogP contribution in [0.2, 0.25) is 0 Å². The van der Waals surface area contributed by atoms with E-state index in [1.165, 1.54) is 276 Å². The van der Waals surface area contributed by atoms with E-state index in [9.17, 15) is 20.1 Å². The Bertz CT molecular complexity index is 1090. The Morgan fingerprint density at radius 2 is 0.586 bits per heavy atom. The van der Waals surface area contributed by atoms with Gasteiger partial charge in [0.1, 0.15) is 6.10 Å². The zero-order valence-electron chi connectivity index (χ0n) is 47.4. The van der Waals surface area contributed by atoms with Crippen LogP contribution in [0.1, 0.15) is 348 Å². The van der Waals surface area contributed by atoms with E-state index >= 15 is 0 Å². The van der Waals surface area contributed by atoms with Crippen molar-refractivity contribution in [2.24, 2.45) is 0 Å². The highest BCUT2D eigenvalue weighted by Crippen LogP contribution is 2.18. The van der Waals surface area contributed by atoms with E-state index in [1.807, 2.05) is 0 Å². The summed E-state index contributed by atoms with van der Waals surface area (Å²) in [6.07, 6.45) is 79.1. The van der Waals surface area contributed by atoms with Crippen molar-refractivity contribution in [2.45, 2.75) is 366 Å². The van der Waals surface area contributed by atoms with Gasteiger partial charge in [0.2, 0.25) is 5.91 Å². The second-order valence-electron chi connectivity index (χ2n) is 21.9. The number of aliphatic hydroxyl groups excluding tert-OH is 3. The molecule has 5 nitrogen and oxygen atoms in total. The lowest BCUT2D eigenvalue weighted by Gasteiger charge is -2.26. The van der Waals surface area contributed by atoms with Crippen LogP contribution in [-0.2, 0) is 4.79 Å². The molecular formula is C65H125NO4. The fourth-order valence-electron chi connectivity index (χ4n) is 10.1. The first-order valence-corrected chi connectivity index (χ1v) is 31.8. The van der Waals surface area contributed by atoms with Gasteiger partial charge < -0.3 is 20.6 Å². The van der Waals surface area contributed by atoms with Crippen molar-refractivity contribution < 1.29 is 20.1 Å². The molecule has 414 valence electrons. The summed E-state index contributed by atoms with van der Waals surface area (Å²) in [5.41, 5.74) is 0. The molecule has 3 atom stereocenters. The molecule has 0 radical (unpaired) electrons. The predicted molar refractivity (Wildman–Crippen MR) is 310 cm³/mol. The summed E-state index contributed by atoms with van der Waals surface area (Å²) in [4.78, 5) is 12.5. The van der Waals surface area contributed by atoms with Gasteiger partial charge in [0.15, 0.2) is 0 Å². The SMILES string of the molecule is CCCCCCCCCCCCCC/C=C/CC/C=C/CCCC(O)C(O)C(CO)NC(=O)CCCCCCCCCCCCCCCCCCC/C=C\CCCCCCCCCCCCCCCC. The summed E-state index contributed by atoms with van der Waals surface area (Å²) in [6, 6.07) is -0.833. The van der Waals surface area contributed by atoms with Gasteiger partial charge in [-0.3, -0.25) is 4.79 Å². The van der Waals surface area contributed by atoms with Gasteiger partial charge in [0, 0.05) is 6.42 Å². The number of carbonyl (C=O) groups excluding carboxylic acids is 1. The molecule has 0 aliphatic heterocycles. The molecule has 0 spiro atoms. The summed E-state index contributed by atoms with van der Waals surface area (Å²) >= 11 is 0. The Labute approximate surface area is 438 Å². The van der Waals surface area contributed by atoms with Crippen LogP contribution in [-0.4, -0.2) is 46.1 Å². The van der Waals surface area contributed by atoms with Gasteiger partial charge >= 0.3 is 0 Å². The number of amides is 1. The normalized spacial score (nSPS) is 13.4. The minimum Gasteiger partial charge on any atom is -0.394 e. The molecule has 1 amide bonds. The summed E-state index contributed by atoms with van der Waals surface area (Å²) in [7, 11) is 0. The number of allylic oxidation sites excluding steroid dienone is 6. The number of rotatable bonds is 59. The topological polar surface area (TPSA) is 89.8 Å². The Morgan fingerprint density at radius 1 is 0.343 bits per heavy atom. The van der Waals surface area contributed by atoms with Gasteiger partial charge in [-0.15, -0.1) is 0 Å². The van der Waals surface area contributed by atoms with E-state index in [0.29, 0.717) is 12.8 Å². The second kappa shape index (κ2) is 60.1. The van der Waals surface area contributed by atoms with Gasteiger partial charge in [-0.2, -0.15) is 0 Å². The van der Waals surface area contributed by atoms with Crippen LogP contribution in [0.3, 0.4) is 0 Å². The molecule has 3 unspecified atom stereocenters. The Hall–Kier alpha value is -1.43. The predicted octanol–water partition coefficient (Wildman–Crippen LogP) is 20.2. The number of carbonyl (C=O) groups is 1. The molecular weight excluding hydrogens is 859 g/mol. The van der Waals surface area contributed by atoms with Crippen LogP contribution in [0.5, 0.6) is 0 Å². The van der Waals surface area contributed by atoms with E-state index in [0.717, 1.165) is 44.9 Å². The molecule has 0 rings (SSSR count). The second-order valence-corrected chi connectivity index (χ2v) is 21.9. The smallest absolute Gasteiger partial charge is 0.220 e. The van der Waals surface area contributed by atoms with Gasteiger partial charge in [0.25, 0.3) is 0 Å². The maximum Gasteiger partial charge on any atom is 0.220 e. The minimum absolute atomic E-state index is 0.153. The highest BCUT2D eigenvalue weighted by atomic mass is 16.3. The lowest BCUT2D eigenvalue weighted by Crippen LogP contribution is -2.50. The summed E-state index contributed by atoms with van der Waals surface area (Å²) in [5, 5.41) is 33.8. The molecule has 0 aromatic rings. The maximum absolute atomic E-state index is 12.5. The van der Waals surface area contributed by atoms with Gasteiger partial charge in [0.05, 0.1) is 18.8 Å². The standard InChI is InChI=1S/C65H125NO4/c1-3-5-7-9-11-13-15-17-19-21-23-25-26-27-28-29-30-31-32-33-34-35-36-37-38-40-42-44-46-48-50-52-54-56-58-60-64(69)66-62(61-67)65(70)63(68)59-57-55-53-51-49-47-45-43-41-39-24-22-20-18-16-14-12-10-8-6-4-2/h29-30,43,45,51,53,62-63,65,67-68,70H,3-28,31-42,44,46-50,52,54-61H2,1-2H3,(H,66,69)/b30-29-,45-43+,53-51+. The minimum atomic E-state index is -1.17. The van der Waals surface area contributed by atoms with Crippen molar-refractivity contribution >= 4 is 5.91 Å². The van der Waals surface area contributed by atoms with Crippen LogP contribution in [0.4, 0.5) is 0 Å². The molecule has 0 heterocycles. The molecule has 0 saturated carbocycles. The number of aliphatic hydroxyl groups is 3. The first-order chi connectivity index (χ1) is 34.6. The third-order valence-electron chi connectivity index (χ3n) is 14.9. The molecule has 0 aliphatic rings. The molecule has 0 aliphatic carbocycles. The highest BCUT2D eigenvalue weighted by Gasteiger charge is 2.26. The number of hydrogen-bond donors (Lipinski definition) is 4. The molecule has 4 N–H and O–H groups in total. The zero-order valence-corrected chi connectivity index (χ0v) is 47.4. The quantitative estimate of drug-likeness (QED) is 0.0361. The molecule has 5 heteroatoms. The van der Waals surface area contributed by atoms with Crippen molar-refractivity contribution in [1.29, 1.82) is 0 Å². The molecule has 70 heavy (non-hydrogen) atoms. The lowest BCUT2D eigenvalue weighted by molar-refractivity contribution is -0.124. The number of unbranched alkanes of at least 4 members (excludes halogenated alkanes) is 45. The van der Waals surface area contributed by atoms with Crippen LogP contribution in [0.25, 0.3) is 0 Å². The summed E-state index contributed by atoms with van der Waals surface area (Å²) in [5.74, 6) is -0.153. The van der Waals surface area contributed by atoms with Crippen molar-refractivity contribution in [3.8, 4) is 0 Å². The third-order valence-corrected chi connectivity index (χ3v) is 14.9. The van der Waals surface area contributed by atoms with E-state index in [2.05, 4.69) is 55.6 Å².